The molecule has 184 valence electrons. The van der Waals surface area contributed by atoms with E-state index in [1.165, 1.54) is 29.5 Å². The van der Waals surface area contributed by atoms with Gasteiger partial charge in [-0.15, -0.1) is 0 Å². The Bertz CT molecular complexity index is 1350. The average molecular weight is 488 g/mol. The summed E-state index contributed by atoms with van der Waals surface area (Å²) in [7, 11) is 0. The van der Waals surface area contributed by atoms with Crippen molar-refractivity contribution in [2.45, 2.75) is 33.1 Å². The number of carbonyl (C=O) groups excluding carboxylic acids is 1. The number of nitrogens with one attached hydrogen (secondary N) is 1. The lowest BCUT2D eigenvalue weighted by Gasteiger charge is -2.21. The molecule has 0 saturated carbocycles. The lowest BCUT2D eigenvalue weighted by molar-refractivity contribution is 0.0945. The molecule has 2 heterocycles. The van der Waals surface area contributed by atoms with Gasteiger partial charge in [-0.1, -0.05) is 48.0 Å². The van der Waals surface area contributed by atoms with E-state index in [0.717, 1.165) is 22.6 Å². The fourth-order valence-electron chi connectivity index (χ4n) is 4.09. The number of amides is 1. The first-order valence-corrected chi connectivity index (χ1v) is 11.7. The van der Waals surface area contributed by atoms with Crippen LogP contribution in [0.3, 0.4) is 0 Å². The number of hydrogen-bond acceptors (Lipinski definition) is 6. The van der Waals surface area contributed by atoms with Gasteiger partial charge in [0.05, 0.1) is 6.54 Å². The molecule has 0 fully saturated rings. The van der Waals surface area contributed by atoms with E-state index >= 15 is 0 Å². The molecular weight excluding hydrogens is 461 g/mol. The lowest BCUT2D eigenvalue weighted by atomic mass is 10.1. The van der Waals surface area contributed by atoms with E-state index in [-0.39, 0.29) is 30.8 Å². The van der Waals surface area contributed by atoms with Gasteiger partial charge in [-0.2, -0.15) is 0 Å². The first kappa shape index (κ1) is 23.6. The van der Waals surface area contributed by atoms with Gasteiger partial charge in [0.25, 0.3) is 5.91 Å². The van der Waals surface area contributed by atoms with E-state index in [9.17, 15) is 9.18 Å². The summed E-state index contributed by atoms with van der Waals surface area (Å²) in [5.41, 5.74) is 4.41. The summed E-state index contributed by atoms with van der Waals surface area (Å²) >= 11 is 0. The van der Waals surface area contributed by atoms with E-state index in [2.05, 4.69) is 40.3 Å². The number of carbonyl (C=O) groups is 1. The van der Waals surface area contributed by atoms with Crippen molar-refractivity contribution in [1.29, 1.82) is 0 Å². The fourth-order valence-corrected chi connectivity index (χ4v) is 4.09. The van der Waals surface area contributed by atoms with E-state index in [1.54, 1.807) is 12.1 Å². The lowest BCUT2D eigenvalue weighted by Crippen LogP contribution is -2.24. The number of aryl methyl sites for hydroxylation is 1. The van der Waals surface area contributed by atoms with Crippen molar-refractivity contribution in [3.63, 3.8) is 0 Å². The van der Waals surface area contributed by atoms with Crippen LogP contribution in [0.4, 0.5) is 4.39 Å². The number of halogens is 1. The summed E-state index contributed by atoms with van der Waals surface area (Å²) in [6.45, 7) is 4.27. The van der Waals surface area contributed by atoms with Crippen LogP contribution in [-0.4, -0.2) is 22.6 Å². The van der Waals surface area contributed by atoms with E-state index in [0.29, 0.717) is 25.5 Å². The first-order valence-electron chi connectivity index (χ1n) is 11.7. The molecule has 36 heavy (non-hydrogen) atoms. The molecule has 0 bridgehead atoms. The van der Waals surface area contributed by atoms with Crippen LogP contribution < -0.4 is 14.8 Å². The molecule has 1 aliphatic rings. The van der Waals surface area contributed by atoms with Crippen LogP contribution in [0.15, 0.2) is 77.4 Å². The van der Waals surface area contributed by atoms with Crippen LogP contribution >= 0.6 is 0 Å². The van der Waals surface area contributed by atoms with E-state index < -0.39 is 0 Å². The highest BCUT2D eigenvalue weighted by molar-refractivity contribution is 5.91. The third-order valence-electron chi connectivity index (χ3n) is 5.84. The molecule has 0 unspecified atom stereocenters. The van der Waals surface area contributed by atoms with Gasteiger partial charge in [-0.25, -0.2) is 9.37 Å². The van der Waals surface area contributed by atoms with Crippen LogP contribution in [0.1, 0.15) is 38.6 Å². The van der Waals surface area contributed by atoms with Crippen LogP contribution in [0.2, 0.25) is 0 Å². The number of fused-ring (bicyclic) bond motifs is 1. The van der Waals surface area contributed by atoms with Gasteiger partial charge in [-0.05, 0) is 47.9 Å². The van der Waals surface area contributed by atoms with Crippen LogP contribution in [0.5, 0.6) is 11.5 Å². The molecule has 7 nitrogen and oxygen atoms in total. The zero-order valence-corrected chi connectivity index (χ0v) is 19.9. The quantitative estimate of drug-likeness (QED) is 0.359. The van der Waals surface area contributed by atoms with Gasteiger partial charge in [0, 0.05) is 19.6 Å². The molecule has 0 atom stereocenters. The summed E-state index contributed by atoms with van der Waals surface area (Å²) in [5.74, 6) is 1.25. The maximum atomic E-state index is 13.1. The predicted octanol–water partition coefficient (Wildman–Crippen LogP) is 4.98. The Hall–Kier alpha value is -4.17. The topological polar surface area (TPSA) is 76.8 Å². The van der Waals surface area contributed by atoms with Crippen LogP contribution in [0, 0.1) is 12.7 Å². The third kappa shape index (κ3) is 5.90. The Labute approximate surface area is 208 Å². The average Bonchev–Trinajstić information content (AvgIpc) is 3.53. The second-order valence-corrected chi connectivity index (χ2v) is 8.76. The number of rotatable bonds is 9. The molecular formula is C28H26FN3O4. The maximum Gasteiger partial charge on any atom is 0.273 e. The minimum atomic E-state index is -0.352. The highest BCUT2D eigenvalue weighted by atomic mass is 19.1. The number of ether oxygens (including phenoxy) is 2. The first-order chi connectivity index (χ1) is 17.5. The number of hydrogen-bond donors (Lipinski definition) is 1. The Morgan fingerprint density at radius 3 is 2.50 bits per heavy atom. The molecule has 8 heteroatoms. The molecule has 3 aromatic carbocycles. The van der Waals surface area contributed by atoms with Gasteiger partial charge in [-0.3, -0.25) is 9.69 Å². The Balaban J connectivity index is 1.27. The highest BCUT2D eigenvalue weighted by Crippen LogP contribution is 2.33. The smallest absolute Gasteiger partial charge is 0.273 e. The third-order valence-corrected chi connectivity index (χ3v) is 5.84. The minimum Gasteiger partial charge on any atom is -0.454 e. The van der Waals surface area contributed by atoms with E-state index in [4.69, 9.17) is 13.9 Å². The van der Waals surface area contributed by atoms with E-state index in [1.807, 2.05) is 24.3 Å². The van der Waals surface area contributed by atoms with Crippen molar-refractivity contribution in [2.75, 3.05) is 6.79 Å². The summed E-state index contributed by atoms with van der Waals surface area (Å²) in [4.78, 5) is 19.2. The molecule has 1 aliphatic heterocycles. The normalized spacial score (nSPS) is 12.2. The Morgan fingerprint density at radius 2 is 1.69 bits per heavy atom. The second kappa shape index (κ2) is 10.6. The van der Waals surface area contributed by atoms with Crippen LogP contribution in [0.25, 0.3) is 0 Å². The Morgan fingerprint density at radius 1 is 0.944 bits per heavy atom. The molecule has 1 amide bonds. The summed E-state index contributed by atoms with van der Waals surface area (Å²) in [6, 6.07) is 20.2. The highest BCUT2D eigenvalue weighted by Gasteiger charge is 2.18. The number of benzene rings is 3. The number of aromatic nitrogens is 1. The summed E-state index contributed by atoms with van der Waals surface area (Å²) < 4.78 is 29.7. The number of nitrogens with zero attached hydrogens (tertiary/aromatic N) is 2. The molecule has 0 saturated heterocycles. The molecule has 1 aromatic heterocycles. The molecule has 5 rings (SSSR count). The fraction of sp³-hybridized carbons (Fsp3) is 0.214. The molecule has 4 aromatic rings. The van der Waals surface area contributed by atoms with Crippen molar-refractivity contribution >= 4 is 5.91 Å². The van der Waals surface area contributed by atoms with Gasteiger partial charge in [0.1, 0.15) is 12.1 Å². The molecule has 1 N–H and O–H groups in total. The second-order valence-electron chi connectivity index (χ2n) is 8.76. The van der Waals surface area contributed by atoms with Crippen LogP contribution in [-0.2, 0) is 26.2 Å². The van der Waals surface area contributed by atoms with Gasteiger partial charge < -0.3 is 19.2 Å². The molecule has 0 spiro atoms. The SMILES string of the molecule is Cc1cccc(CN(Cc2ccc3c(c2)OCO3)Cc2nc(C(=O)NCc3ccc(F)cc3)co2)c1. The number of oxazole rings is 1. The molecule has 0 aliphatic carbocycles. The maximum absolute atomic E-state index is 13.1. The Kier molecular flexibility index (Phi) is 6.95. The predicted molar refractivity (Wildman–Crippen MR) is 131 cm³/mol. The van der Waals surface area contributed by atoms with Gasteiger partial charge >= 0.3 is 0 Å². The van der Waals surface area contributed by atoms with Crippen molar-refractivity contribution < 1.29 is 23.1 Å². The largest absolute Gasteiger partial charge is 0.454 e. The zero-order valence-electron chi connectivity index (χ0n) is 19.9. The zero-order chi connectivity index (χ0) is 24.9. The summed E-state index contributed by atoms with van der Waals surface area (Å²) in [6.07, 6.45) is 1.36. The van der Waals surface area contributed by atoms with Gasteiger partial charge in [0.15, 0.2) is 17.2 Å². The minimum absolute atomic E-state index is 0.200. The van der Waals surface area contributed by atoms with Crippen molar-refractivity contribution in [3.05, 3.63) is 113 Å². The van der Waals surface area contributed by atoms with Crippen molar-refractivity contribution in [1.82, 2.24) is 15.2 Å². The van der Waals surface area contributed by atoms with Crippen molar-refractivity contribution in [2.24, 2.45) is 0 Å². The van der Waals surface area contributed by atoms with Gasteiger partial charge in [0.2, 0.25) is 12.7 Å². The standard InChI is InChI=1S/C28H26FN3O4/c1-19-3-2-4-21(11-19)14-32(15-22-7-10-25-26(12-22)36-18-35-25)16-27-31-24(17-34-27)28(33)30-13-20-5-8-23(29)9-6-20/h2-12,17H,13-16,18H2,1H3,(H,30,33). The monoisotopic (exact) mass is 487 g/mol. The molecule has 0 radical (unpaired) electrons. The van der Waals surface area contributed by atoms with Crippen molar-refractivity contribution in [3.8, 4) is 11.5 Å². The summed E-state index contributed by atoms with van der Waals surface area (Å²) in [5, 5.41) is 2.79.